The molecular formula is C15H16N2O2S2. The molecular weight excluding hydrogens is 304 g/mol. The molecule has 2 aromatic rings. The van der Waals surface area contributed by atoms with Crippen molar-refractivity contribution in [1.29, 1.82) is 0 Å². The Morgan fingerprint density at radius 1 is 1.24 bits per heavy atom. The first-order chi connectivity index (χ1) is 9.95. The second kappa shape index (κ2) is 5.27. The molecule has 1 aliphatic heterocycles. The van der Waals surface area contributed by atoms with Crippen molar-refractivity contribution in [3.8, 4) is 0 Å². The van der Waals surface area contributed by atoms with Gasteiger partial charge in [-0.1, -0.05) is 35.9 Å². The Labute approximate surface area is 128 Å². The first kappa shape index (κ1) is 14.3. The van der Waals surface area contributed by atoms with E-state index in [1.807, 2.05) is 48.7 Å². The normalized spacial score (nSPS) is 18.9. The Bertz CT molecular complexity index is 763. The van der Waals surface area contributed by atoms with E-state index in [0.29, 0.717) is 6.42 Å². The fourth-order valence-corrected chi connectivity index (χ4v) is 4.18. The van der Waals surface area contributed by atoms with Crippen LogP contribution < -0.4 is 0 Å². The van der Waals surface area contributed by atoms with Crippen LogP contribution in [0.4, 0.5) is 0 Å². The zero-order valence-electron chi connectivity index (χ0n) is 11.9. The number of sulfonamides is 1. The average Bonchev–Trinajstić information content (AvgIpc) is 3.07. The van der Waals surface area contributed by atoms with E-state index < -0.39 is 10.0 Å². The Balaban J connectivity index is 1.99. The molecule has 0 fully saturated rings. The van der Waals surface area contributed by atoms with E-state index in [9.17, 15) is 8.42 Å². The summed E-state index contributed by atoms with van der Waals surface area (Å²) < 4.78 is 25.2. The quantitative estimate of drug-likeness (QED) is 0.872. The maximum atomic E-state index is 12.0. The smallest absolute Gasteiger partial charge is 0.205 e. The van der Waals surface area contributed by atoms with Crippen LogP contribution >= 0.6 is 11.3 Å². The van der Waals surface area contributed by atoms with Gasteiger partial charge in [-0.2, -0.15) is 9.52 Å². The van der Waals surface area contributed by atoms with Crippen LogP contribution in [-0.4, -0.2) is 24.8 Å². The molecule has 2 heterocycles. The molecule has 0 saturated heterocycles. The van der Waals surface area contributed by atoms with Gasteiger partial charge in [-0.05, 0) is 23.9 Å². The number of hydrogen-bond acceptors (Lipinski definition) is 4. The number of aryl methyl sites for hydroxylation is 1. The maximum Gasteiger partial charge on any atom is 0.247 e. The molecule has 0 saturated carbocycles. The highest BCUT2D eigenvalue weighted by molar-refractivity contribution is 7.88. The fraction of sp³-hybridized carbons (Fsp3) is 0.267. The van der Waals surface area contributed by atoms with E-state index in [1.165, 1.54) is 16.2 Å². The third-order valence-corrected chi connectivity index (χ3v) is 5.46. The molecule has 4 nitrogen and oxygen atoms in total. The van der Waals surface area contributed by atoms with E-state index in [-0.39, 0.29) is 6.04 Å². The minimum absolute atomic E-state index is 0.226. The van der Waals surface area contributed by atoms with Crippen molar-refractivity contribution in [2.24, 2.45) is 5.10 Å². The van der Waals surface area contributed by atoms with Gasteiger partial charge in [-0.15, -0.1) is 11.3 Å². The Kier molecular flexibility index (Phi) is 3.59. The SMILES string of the molecule is Cc1ccc(C2=NN(S(C)(=O)=O)[C@H](c3cccs3)C2)cc1. The summed E-state index contributed by atoms with van der Waals surface area (Å²) in [5, 5.41) is 6.32. The van der Waals surface area contributed by atoms with Crippen molar-refractivity contribution >= 4 is 27.1 Å². The van der Waals surface area contributed by atoms with Gasteiger partial charge in [-0.3, -0.25) is 0 Å². The van der Waals surface area contributed by atoms with Crippen LogP contribution in [0.5, 0.6) is 0 Å². The first-order valence-corrected chi connectivity index (χ1v) is 9.35. The van der Waals surface area contributed by atoms with Crippen LogP contribution in [0.2, 0.25) is 0 Å². The monoisotopic (exact) mass is 320 g/mol. The van der Waals surface area contributed by atoms with Gasteiger partial charge in [0.2, 0.25) is 10.0 Å². The number of benzene rings is 1. The van der Waals surface area contributed by atoms with Crippen molar-refractivity contribution in [2.45, 2.75) is 19.4 Å². The molecule has 21 heavy (non-hydrogen) atoms. The van der Waals surface area contributed by atoms with Gasteiger partial charge >= 0.3 is 0 Å². The molecule has 1 atom stereocenters. The molecule has 6 heteroatoms. The first-order valence-electron chi connectivity index (χ1n) is 6.62. The highest BCUT2D eigenvalue weighted by atomic mass is 32.2. The highest BCUT2D eigenvalue weighted by Crippen LogP contribution is 2.36. The van der Waals surface area contributed by atoms with Gasteiger partial charge in [-0.25, -0.2) is 8.42 Å². The summed E-state index contributed by atoms with van der Waals surface area (Å²) in [5.41, 5.74) is 2.97. The van der Waals surface area contributed by atoms with Crippen molar-refractivity contribution in [1.82, 2.24) is 4.41 Å². The lowest BCUT2D eigenvalue weighted by Crippen LogP contribution is -2.25. The van der Waals surface area contributed by atoms with E-state index in [4.69, 9.17) is 0 Å². The van der Waals surface area contributed by atoms with Gasteiger partial charge in [0.1, 0.15) is 6.04 Å². The second-order valence-corrected chi connectivity index (χ2v) is 8.00. The van der Waals surface area contributed by atoms with Crippen LogP contribution in [0.3, 0.4) is 0 Å². The lowest BCUT2D eigenvalue weighted by Gasteiger charge is -2.19. The average molecular weight is 320 g/mol. The molecule has 0 aliphatic carbocycles. The predicted octanol–water partition coefficient (Wildman–Crippen LogP) is 3.17. The molecule has 0 bridgehead atoms. The Morgan fingerprint density at radius 2 is 1.95 bits per heavy atom. The predicted molar refractivity (Wildman–Crippen MR) is 86.1 cm³/mol. The molecule has 1 aromatic carbocycles. The van der Waals surface area contributed by atoms with E-state index >= 15 is 0 Å². The molecule has 1 aromatic heterocycles. The topological polar surface area (TPSA) is 49.7 Å². The number of rotatable bonds is 3. The molecule has 3 rings (SSSR count). The third kappa shape index (κ3) is 2.87. The Hall–Kier alpha value is -1.66. The molecule has 0 amide bonds. The van der Waals surface area contributed by atoms with Crippen molar-refractivity contribution in [2.75, 3.05) is 6.26 Å². The lowest BCUT2D eigenvalue weighted by molar-refractivity contribution is 0.379. The Morgan fingerprint density at radius 3 is 2.52 bits per heavy atom. The van der Waals surface area contributed by atoms with E-state index in [1.54, 1.807) is 11.3 Å². The molecule has 110 valence electrons. The second-order valence-electron chi connectivity index (χ2n) is 5.18. The van der Waals surface area contributed by atoms with Crippen molar-refractivity contribution in [3.05, 3.63) is 57.8 Å². The summed E-state index contributed by atoms with van der Waals surface area (Å²) in [4.78, 5) is 1.02. The summed E-state index contributed by atoms with van der Waals surface area (Å²) in [6, 6.07) is 11.7. The van der Waals surface area contributed by atoms with Gasteiger partial charge < -0.3 is 0 Å². The summed E-state index contributed by atoms with van der Waals surface area (Å²) in [6.07, 6.45) is 1.81. The molecule has 1 aliphatic rings. The largest absolute Gasteiger partial charge is 0.247 e. The third-order valence-electron chi connectivity index (χ3n) is 3.47. The van der Waals surface area contributed by atoms with Gasteiger partial charge in [0.25, 0.3) is 0 Å². The van der Waals surface area contributed by atoms with Crippen LogP contribution in [0, 0.1) is 6.92 Å². The van der Waals surface area contributed by atoms with Crippen molar-refractivity contribution in [3.63, 3.8) is 0 Å². The summed E-state index contributed by atoms with van der Waals surface area (Å²) in [5.74, 6) is 0. The zero-order chi connectivity index (χ0) is 15.0. The number of hydrogen-bond donors (Lipinski definition) is 0. The minimum Gasteiger partial charge on any atom is -0.205 e. The molecule has 0 radical (unpaired) electrons. The van der Waals surface area contributed by atoms with Gasteiger partial charge in [0, 0.05) is 11.3 Å². The van der Waals surface area contributed by atoms with E-state index in [0.717, 1.165) is 16.2 Å². The minimum atomic E-state index is -3.37. The van der Waals surface area contributed by atoms with Crippen LogP contribution in [0.1, 0.15) is 28.5 Å². The number of hydrazone groups is 1. The standard InChI is InChI=1S/C15H16N2O2S2/c1-11-5-7-12(8-6-11)13-10-14(15-4-3-9-20-15)17(16-13)21(2,18)19/h3-9,14H,10H2,1-2H3/t14-/m0/s1. The molecule has 0 spiro atoms. The van der Waals surface area contributed by atoms with Crippen LogP contribution in [0.15, 0.2) is 46.9 Å². The number of thiophene rings is 1. The lowest BCUT2D eigenvalue weighted by atomic mass is 10.0. The maximum absolute atomic E-state index is 12.0. The van der Waals surface area contributed by atoms with Gasteiger partial charge in [0.15, 0.2) is 0 Å². The summed E-state index contributed by atoms with van der Waals surface area (Å²) >= 11 is 1.56. The molecule has 0 N–H and O–H groups in total. The zero-order valence-corrected chi connectivity index (χ0v) is 13.5. The van der Waals surface area contributed by atoms with Crippen molar-refractivity contribution < 1.29 is 8.42 Å². The highest BCUT2D eigenvalue weighted by Gasteiger charge is 2.34. The number of nitrogens with zero attached hydrogens (tertiary/aromatic N) is 2. The summed E-state index contributed by atoms with van der Waals surface area (Å²) in [7, 11) is -3.37. The molecule has 0 unspecified atom stereocenters. The van der Waals surface area contributed by atoms with E-state index in [2.05, 4.69) is 5.10 Å². The fourth-order valence-electron chi connectivity index (χ4n) is 2.41. The summed E-state index contributed by atoms with van der Waals surface area (Å²) in [6.45, 7) is 2.03. The van der Waals surface area contributed by atoms with Crippen LogP contribution in [-0.2, 0) is 10.0 Å². The van der Waals surface area contributed by atoms with Crippen LogP contribution in [0.25, 0.3) is 0 Å². The van der Waals surface area contributed by atoms with Gasteiger partial charge in [0.05, 0.1) is 12.0 Å².